The fourth-order valence-corrected chi connectivity index (χ4v) is 4.09. The van der Waals surface area contributed by atoms with Crippen LogP contribution >= 0.6 is 0 Å². The average molecular weight is 423 g/mol. The van der Waals surface area contributed by atoms with Crippen LogP contribution in [0, 0.1) is 6.92 Å². The molecule has 1 saturated heterocycles. The Morgan fingerprint density at radius 1 is 1.06 bits per heavy atom. The summed E-state index contributed by atoms with van der Waals surface area (Å²) in [5, 5.41) is 11.0. The van der Waals surface area contributed by atoms with E-state index < -0.39 is 0 Å². The van der Waals surface area contributed by atoms with E-state index in [9.17, 15) is 9.90 Å². The van der Waals surface area contributed by atoms with Crippen LogP contribution in [0.3, 0.4) is 0 Å². The normalized spacial score (nSPS) is 15.2. The second-order valence-corrected chi connectivity index (χ2v) is 8.56. The lowest BCUT2D eigenvalue weighted by Gasteiger charge is -2.35. The number of aromatic nitrogens is 2. The molecule has 0 radical (unpaired) electrons. The molecule has 7 nitrogen and oxygen atoms in total. The van der Waals surface area contributed by atoms with Crippen molar-refractivity contribution in [1.82, 2.24) is 14.9 Å². The zero-order valence-corrected chi connectivity index (χ0v) is 18.7. The molecule has 7 heteroatoms. The van der Waals surface area contributed by atoms with Crippen LogP contribution in [-0.2, 0) is 13.0 Å². The lowest BCUT2D eigenvalue weighted by Crippen LogP contribution is -2.46. The summed E-state index contributed by atoms with van der Waals surface area (Å²) in [6.45, 7) is 12.4. The summed E-state index contributed by atoms with van der Waals surface area (Å²) in [4.78, 5) is 26.0. The predicted molar refractivity (Wildman–Crippen MR) is 122 cm³/mol. The Labute approximate surface area is 182 Å². The molecule has 2 aromatic heterocycles. The number of aromatic hydroxyl groups is 1. The maximum atomic E-state index is 12.1. The van der Waals surface area contributed by atoms with E-state index in [1.54, 1.807) is 12.1 Å². The number of phenols is 1. The molecule has 1 N–H and O–H groups in total. The third-order valence-corrected chi connectivity index (χ3v) is 5.87. The lowest BCUT2D eigenvalue weighted by atomic mass is 10.0. The van der Waals surface area contributed by atoms with E-state index in [0.29, 0.717) is 18.0 Å². The number of aryl methyl sites for hydroxylation is 2. The summed E-state index contributed by atoms with van der Waals surface area (Å²) in [7, 11) is 0. The Kier molecular flexibility index (Phi) is 5.96. The summed E-state index contributed by atoms with van der Waals surface area (Å²) in [6.07, 6.45) is 0.718. The van der Waals surface area contributed by atoms with Gasteiger partial charge in [0.2, 0.25) is 0 Å². The molecular formula is C24H30N4O3. The molecule has 0 bridgehead atoms. The van der Waals surface area contributed by atoms with Gasteiger partial charge in [-0.15, -0.1) is 0 Å². The van der Waals surface area contributed by atoms with Gasteiger partial charge < -0.3 is 14.4 Å². The second-order valence-electron chi connectivity index (χ2n) is 8.56. The molecule has 164 valence electrons. The SMILES string of the molecule is CCc1cc2c(CN3CCN(c4cc(C)nc(C(C)C)n4)CC3)cc(=O)oc2cc1O. The quantitative estimate of drug-likeness (QED) is 0.629. The molecule has 0 aliphatic carbocycles. The molecule has 3 heterocycles. The number of hydrogen-bond donors (Lipinski definition) is 1. The summed E-state index contributed by atoms with van der Waals surface area (Å²) in [6, 6.07) is 7.13. The highest BCUT2D eigenvalue weighted by atomic mass is 16.4. The first-order chi connectivity index (χ1) is 14.8. The van der Waals surface area contributed by atoms with Gasteiger partial charge in [0.1, 0.15) is 23.0 Å². The van der Waals surface area contributed by atoms with Crippen LogP contribution in [0.15, 0.2) is 33.5 Å². The van der Waals surface area contributed by atoms with E-state index in [-0.39, 0.29) is 11.4 Å². The number of rotatable bonds is 5. The molecule has 0 atom stereocenters. The molecule has 0 saturated carbocycles. The molecule has 31 heavy (non-hydrogen) atoms. The Hall–Kier alpha value is -2.93. The Balaban J connectivity index is 1.52. The second kappa shape index (κ2) is 8.67. The van der Waals surface area contributed by atoms with Crippen molar-refractivity contribution in [2.24, 2.45) is 0 Å². The number of nitrogens with zero attached hydrogens (tertiary/aromatic N) is 4. The maximum absolute atomic E-state index is 12.1. The first-order valence-electron chi connectivity index (χ1n) is 11.0. The minimum Gasteiger partial charge on any atom is -0.508 e. The first kappa shape index (κ1) is 21.3. The van der Waals surface area contributed by atoms with Gasteiger partial charge in [-0.05, 0) is 30.5 Å². The molecule has 4 rings (SSSR count). The van der Waals surface area contributed by atoms with E-state index >= 15 is 0 Å². The summed E-state index contributed by atoms with van der Waals surface area (Å²) >= 11 is 0. The van der Waals surface area contributed by atoms with Gasteiger partial charge >= 0.3 is 5.63 Å². The third kappa shape index (κ3) is 4.56. The molecule has 1 aliphatic heterocycles. The van der Waals surface area contributed by atoms with Gasteiger partial charge in [0.15, 0.2) is 0 Å². The number of fused-ring (bicyclic) bond motifs is 1. The molecule has 1 fully saturated rings. The van der Waals surface area contributed by atoms with Crippen molar-refractivity contribution in [2.45, 2.75) is 46.6 Å². The van der Waals surface area contributed by atoms with Crippen LogP contribution in [0.5, 0.6) is 5.75 Å². The van der Waals surface area contributed by atoms with Gasteiger partial charge in [0.05, 0.1) is 0 Å². The molecule has 0 unspecified atom stereocenters. The summed E-state index contributed by atoms with van der Waals surface area (Å²) in [5.74, 6) is 2.34. The van der Waals surface area contributed by atoms with Crippen LogP contribution in [0.2, 0.25) is 0 Å². The monoisotopic (exact) mass is 422 g/mol. The van der Waals surface area contributed by atoms with Gasteiger partial charge in [0, 0.05) is 67.9 Å². The Morgan fingerprint density at radius 3 is 2.48 bits per heavy atom. The number of piperazine rings is 1. The van der Waals surface area contributed by atoms with Gasteiger partial charge in [-0.2, -0.15) is 0 Å². The van der Waals surface area contributed by atoms with Crippen molar-refractivity contribution in [3.8, 4) is 5.75 Å². The van der Waals surface area contributed by atoms with Gasteiger partial charge in [-0.1, -0.05) is 20.8 Å². The van der Waals surface area contributed by atoms with Crippen molar-refractivity contribution in [3.63, 3.8) is 0 Å². The van der Waals surface area contributed by atoms with Crippen LogP contribution in [0.25, 0.3) is 11.0 Å². The average Bonchev–Trinajstić information content (AvgIpc) is 2.73. The minimum absolute atomic E-state index is 0.171. The van der Waals surface area contributed by atoms with Crippen molar-refractivity contribution in [3.05, 3.63) is 57.3 Å². The first-order valence-corrected chi connectivity index (χ1v) is 11.0. The molecular weight excluding hydrogens is 392 g/mol. The minimum atomic E-state index is -0.387. The number of phenolic OH excluding ortho intramolecular Hbond substituents is 1. The van der Waals surface area contributed by atoms with E-state index in [1.807, 2.05) is 19.9 Å². The van der Waals surface area contributed by atoms with Gasteiger partial charge in [-0.3, -0.25) is 4.90 Å². The Bertz CT molecular complexity index is 1150. The highest BCUT2D eigenvalue weighted by molar-refractivity contribution is 5.82. The standard InChI is InChI=1S/C24H30N4O3/c1-5-17-11-19-18(12-23(30)31-21(19)13-20(17)29)14-27-6-8-28(9-7-27)22-10-16(4)25-24(26-22)15(2)3/h10-13,15,29H,5-9,14H2,1-4H3. The van der Waals surface area contributed by atoms with E-state index in [2.05, 4.69) is 34.7 Å². The van der Waals surface area contributed by atoms with Crippen LogP contribution in [0.4, 0.5) is 5.82 Å². The van der Waals surface area contributed by atoms with Crippen LogP contribution in [-0.4, -0.2) is 46.2 Å². The molecule has 1 aliphatic rings. The summed E-state index contributed by atoms with van der Waals surface area (Å²) < 4.78 is 5.33. The molecule has 3 aromatic rings. The fraction of sp³-hybridized carbons (Fsp3) is 0.458. The number of benzene rings is 1. The number of anilines is 1. The van der Waals surface area contributed by atoms with E-state index in [4.69, 9.17) is 9.40 Å². The Morgan fingerprint density at radius 2 is 1.81 bits per heavy atom. The topological polar surface area (TPSA) is 82.7 Å². The smallest absolute Gasteiger partial charge is 0.336 e. The van der Waals surface area contributed by atoms with E-state index in [1.165, 1.54) is 0 Å². The number of hydrogen-bond acceptors (Lipinski definition) is 7. The zero-order chi connectivity index (χ0) is 22.1. The molecule has 1 aromatic carbocycles. The predicted octanol–water partition coefficient (Wildman–Crippen LogP) is 3.61. The lowest BCUT2D eigenvalue weighted by molar-refractivity contribution is 0.249. The van der Waals surface area contributed by atoms with Crippen LogP contribution < -0.4 is 10.5 Å². The third-order valence-electron chi connectivity index (χ3n) is 5.87. The van der Waals surface area contributed by atoms with Gasteiger partial charge in [-0.25, -0.2) is 14.8 Å². The molecule has 0 amide bonds. The maximum Gasteiger partial charge on any atom is 0.336 e. The molecule has 0 spiro atoms. The van der Waals surface area contributed by atoms with Crippen molar-refractivity contribution < 1.29 is 9.52 Å². The highest BCUT2D eigenvalue weighted by Crippen LogP contribution is 2.28. The van der Waals surface area contributed by atoms with Crippen molar-refractivity contribution in [2.75, 3.05) is 31.1 Å². The van der Waals surface area contributed by atoms with Gasteiger partial charge in [0.25, 0.3) is 0 Å². The highest BCUT2D eigenvalue weighted by Gasteiger charge is 2.21. The largest absolute Gasteiger partial charge is 0.508 e. The van der Waals surface area contributed by atoms with Crippen molar-refractivity contribution in [1.29, 1.82) is 0 Å². The van der Waals surface area contributed by atoms with E-state index in [0.717, 1.165) is 66.4 Å². The van der Waals surface area contributed by atoms with Crippen molar-refractivity contribution >= 4 is 16.8 Å². The summed E-state index contributed by atoms with van der Waals surface area (Å²) in [5.41, 5.74) is 2.84. The van der Waals surface area contributed by atoms with Crippen LogP contribution in [0.1, 0.15) is 49.3 Å². The zero-order valence-electron chi connectivity index (χ0n) is 18.7. The fourth-order valence-electron chi connectivity index (χ4n) is 4.09.